The zero-order valence-electron chi connectivity index (χ0n) is 16.9. The van der Waals surface area contributed by atoms with Gasteiger partial charge in [0.1, 0.15) is 11.5 Å². The van der Waals surface area contributed by atoms with Gasteiger partial charge in [-0.25, -0.2) is 0 Å². The fourth-order valence-corrected chi connectivity index (χ4v) is 3.27. The van der Waals surface area contributed by atoms with Crippen LogP contribution in [-0.2, 0) is 13.1 Å². The lowest BCUT2D eigenvalue weighted by Gasteiger charge is -2.23. The van der Waals surface area contributed by atoms with E-state index in [1.165, 1.54) is 0 Å². The minimum Gasteiger partial charge on any atom is -0.507 e. The molecule has 2 rings (SSSR count). The maximum Gasteiger partial charge on any atom is 0.153 e. The van der Waals surface area contributed by atoms with E-state index in [9.17, 15) is 19.8 Å². The number of benzene rings is 2. The Morgan fingerprint density at radius 2 is 1.11 bits per heavy atom. The Hall–Kier alpha value is -2.70. The second kappa shape index (κ2) is 9.48. The molecule has 0 saturated carbocycles. The lowest BCUT2D eigenvalue weighted by Crippen LogP contribution is -2.30. The standard InChI is InChI=1S/C22H28N2O4/c1-15-7-17(21(27)19(9-15)13-25)11-23(3)5-6-24(4)12-18-8-16(2)10-20(14-26)22(18)28/h7-10,13-14,27-28H,5-6,11-12H2,1-4H3. The van der Waals surface area contributed by atoms with Crippen molar-refractivity contribution in [1.29, 1.82) is 0 Å². The third kappa shape index (κ3) is 5.41. The molecule has 0 aromatic heterocycles. The first kappa shape index (κ1) is 21.6. The Morgan fingerprint density at radius 1 is 0.750 bits per heavy atom. The molecule has 0 fully saturated rings. The minimum absolute atomic E-state index is 0.0341. The number of rotatable bonds is 9. The monoisotopic (exact) mass is 384 g/mol. The molecule has 0 spiro atoms. The zero-order valence-corrected chi connectivity index (χ0v) is 16.9. The van der Waals surface area contributed by atoms with Crippen molar-refractivity contribution in [2.24, 2.45) is 0 Å². The van der Waals surface area contributed by atoms with Gasteiger partial charge in [0.2, 0.25) is 0 Å². The Morgan fingerprint density at radius 3 is 1.43 bits per heavy atom. The number of carbonyl (C=O) groups is 2. The van der Waals surface area contributed by atoms with Gasteiger partial charge in [-0.15, -0.1) is 0 Å². The number of aldehydes is 2. The Balaban J connectivity index is 1.97. The molecule has 0 aliphatic carbocycles. The highest BCUT2D eigenvalue weighted by atomic mass is 16.3. The van der Waals surface area contributed by atoms with Crippen molar-refractivity contribution in [2.45, 2.75) is 26.9 Å². The van der Waals surface area contributed by atoms with Crippen LogP contribution in [0.4, 0.5) is 0 Å². The van der Waals surface area contributed by atoms with Crippen LogP contribution in [0.25, 0.3) is 0 Å². The molecule has 2 aromatic carbocycles. The summed E-state index contributed by atoms with van der Waals surface area (Å²) in [6, 6.07) is 7.10. The highest BCUT2D eigenvalue weighted by molar-refractivity contribution is 5.81. The molecule has 0 bridgehead atoms. The van der Waals surface area contributed by atoms with Gasteiger partial charge >= 0.3 is 0 Å². The van der Waals surface area contributed by atoms with E-state index < -0.39 is 0 Å². The van der Waals surface area contributed by atoms with Gasteiger partial charge in [0, 0.05) is 37.3 Å². The highest BCUT2D eigenvalue weighted by Crippen LogP contribution is 2.25. The molecule has 0 aliphatic rings. The Bertz CT molecular complexity index is 793. The largest absolute Gasteiger partial charge is 0.507 e. The van der Waals surface area contributed by atoms with Crippen molar-refractivity contribution in [3.63, 3.8) is 0 Å². The lowest BCUT2D eigenvalue weighted by atomic mass is 10.0. The topological polar surface area (TPSA) is 81.1 Å². The summed E-state index contributed by atoms with van der Waals surface area (Å²) in [7, 11) is 3.90. The van der Waals surface area contributed by atoms with Crippen LogP contribution in [0.2, 0.25) is 0 Å². The third-order valence-electron chi connectivity index (χ3n) is 4.72. The van der Waals surface area contributed by atoms with Gasteiger partial charge in [0.25, 0.3) is 0 Å². The van der Waals surface area contributed by atoms with Crippen molar-refractivity contribution in [3.8, 4) is 11.5 Å². The number of hydrogen-bond donors (Lipinski definition) is 2. The van der Waals surface area contributed by atoms with Crippen LogP contribution in [0.1, 0.15) is 43.0 Å². The number of aromatic hydroxyl groups is 2. The van der Waals surface area contributed by atoms with E-state index in [0.29, 0.717) is 36.8 Å². The number of likely N-dealkylation sites (N-methyl/N-ethyl adjacent to an activating group) is 2. The summed E-state index contributed by atoms with van der Waals surface area (Å²) < 4.78 is 0. The van der Waals surface area contributed by atoms with Crippen LogP contribution in [-0.4, -0.2) is 59.8 Å². The minimum atomic E-state index is 0.0341. The zero-order chi connectivity index (χ0) is 20.8. The van der Waals surface area contributed by atoms with E-state index in [2.05, 4.69) is 9.80 Å². The molecule has 0 atom stereocenters. The number of phenolic OH excluding ortho intramolecular Hbond substituents is 2. The average Bonchev–Trinajstić information content (AvgIpc) is 2.65. The van der Waals surface area contributed by atoms with Gasteiger partial charge in [0.05, 0.1) is 11.1 Å². The van der Waals surface area contributed by atoms with Gasteiger partial charge in [0.15, 0.2) is 12.6 Å². The second-order valence-corrected chi connectivity index (χ2v) is 7.44. The molecular weight excluding hydrogens is 356 g/mol. The highest BCUT2D eigenvalue weighted by Gasteiger charge is 2.13. The van der Waals surface area contributed by atoms with Crippen LogP contribution < -0.4 is 0 Å². The number of hydrogen-bond acceptors (Lipinski definition) is 6. The van der Waals surface area contributed by atoms with Crippen LogP contribution >= 0.6 is 0 Å². The lowest BCUT2D eigenvalue weighted by molar-refractivity contribution is 0.111. The van der Waals surface area contributed by atoms with Gasteiger partial charge in [-0.2, -0.15) is 0 Å². The van der Waals surface area contributed by atoms with Gasteiger partial charge in [-0.3, -0.25) is 9.59 Å². The maximum atomic E-state index is 11.1. The van der Waals surface area contributed by atoms with Crippen molar-refractivity contribution >= 4 is 12.6 Å². The smallest absolute Gasteiger partial charge is 0.153 e. The molecule has 0 amide bonds. The fourth-order valence-electron chi connectivity index (χ4n) is 3.27. The molecule has 2 aromatic rings. The van der Waals surface area contributed by atoms with E-state index in [-0.39, 0.29) is 11.5 Å². The maximum absolute atomic E-state index is 11.1. The first-order chi connectivity index (χ1) is 13.2. The van der Waals surface area contributed by atoms with Gasteiger partial charge < -0.3 is 20.0 Å². The number of nitrogens with zero attached hydrogens (tertiary/aromatic N) is 2. The average molecular weight is 384 g/mol. The summed E-state index contributed by atoms with van der Waals surface area (Å²) >= 11 is 0. The van der Waals surface area contributed by atoms with Crippen LogP contribution in [0, 0.1) is 13.8 Å². The molecule has 150 valence electrons. The molecule has 6 nitrogen and oxygen atoms in total. The van der Waals surface area contributed by atoms with Crippen molar-refractivity contribution < 1.29 is 19.8 Å². The SMILES string of the molecule is Cc1cc(C=O)c(O)c(CN(C)CCN(C)Cc2cc(C)cc(C=O)c2O)c1. The fraction of sp³-hybridized carbons (Fsp3) is 0.364. The predicted octanol–water partition coefficient (Wildman–Crippen LogP) is 2.90. The first-order valence-electron chi connectivity index (χ1n) is 9.17. The number of phenols is 2. The van der Waals surface area contributed by atoms with Gasteiger partial charge in [-0.1, -0.05) is 12.1 Å². The van der Waals surface area contributed by atoms with Crippen molar-refractivity contribution in [1.82, 2.24) is 9.80 Å². The quantitative estimate of drug-likeness (QED) is 0.647. The molecule has 0 aliphatic heterocycles. The van der Waals surface area contributed by atoms with E-state index in [1.807, 2.05) is 40.1 Å². The molecule has 0 radical (unpaired) electrons. The number of carbonyl (C=O) groups excluding carboxylic acids is 2. The van der Waals surface area contributed by atoms with Crippen molar-refractivity contribution in [2.75, 3.05) is 27.2 Å². The summed E-state index contributed by atoms with van der Waals surface area (Å²) in [5, 5.41) is 20.4. The Kier molecular flexibility index (Phi) is 7.31. The molecule has 2 N–H and O–H groups in total. The normalized spacial score (nSPS) is 11.2. The van der Waals surface area contributed by atoms with E-state index in [0.717, 1.165) is 35.3 Å². The number of aryl methyl sites for hydroxylation is 2. The van der Waals surface area contributed by atoms with Crippen LogP contribution in [0.3, 0.4) is 0 Å². The molecule has 0 saturated heterocycles. The molecular formula is C22H28N2O4. The Labute approximate surface area is 166 Å². The van der Waals surface area contributed by atoms with Crippen molar-refractivity contribution in [3.05, 3.63) is 57.6 Å². The third-order valence-corrected chi connectivity index (χ3v) is 4.72. The second-order valence-electron chi connectivity index (χ2n) is 7.44. The molecule has 6 heteroatoms. The molecule has 0 unspecified atom stereocenters. The van der Waals surface area contributed by atoms with E-state index in [1.54, 1.807) is 12.1 Å². The summed E-state index contributed by atoms with van der Waals surface area (Å²) in [5.74, 6) is 0.0683. The summed E-state index contributed by atoms with van der Waals surface area (Å²) in [6.07, 6.45) is 1.34. The van der Waals surface area contributed by atoms with Gasteiger partial charge in [-0.05, 0) is 51.2 Å². The van der Waals surface area contributed by atoms with Crippen LogP contribution in [0.15, 0.2) is 24.3 Å². The summed E-state index contributed by atoms with van der Waals surface area (Å²) in [6.45, 7) is 6.29. The molecule has 0 heterocycles. The first-order valence-corrected chi connectivity index (χ1v) is 9.17. The van der Waals surface area contributed by atoms with E-state index in [4.69, 9.17) is 0 Å². The summed E-state index contributed by atoms with van der Waals surface area (Å²) in [5.41, 5.74) is 3.92. The molecule has 28 heavy (non-hydrogen) atoms. The summed E-state index contributed by atoms with van der Waals surface area (Å²) in [4.78, 5) is 26.3. The van der Waals surface area contributed by atoms with E-state index >= 15 is 0 Å². The predicted molar refractivity (Wildman–Crippen MR) is 109 cm³/mol. The van der Waals surface area contributed by atoms with Crippen LogP contribution in [0.5, 0.6) is 11.5 Å².